The van der Waals surface area contributed by atoms with Crippen molar-refractivity contribution < 1.29 is 13.6 Å². The Morgan fingerprint density at radius 3 is 2.71 bits per heavy atom. The normalized spacial score (nSPS) is 10.6. The minimum atomic E-state index is -0.348. The number of hydrogen-bond acceptors (Lipinski definition) is 3. The summed E-state index contributed by atoms with van der Waals surface area (Å²) in [7, 11) is 1.61. The standard InChI is InChI=1S/C15H12FN3O2/c1-19(11-6-4-10(16)5-7-11)15(20)13-9-12(17-18-13)14-3-2-8-21-14/h2-9H,1H3,(H,17,18). The van der Waals surface area contributed by atoms with Crippen molar-refractivity contribution >= 4 is 11.6 Å². The second-order valence-electron chi connectivity index (χ2n) is 4.48. The van der Waals surface area contributed by atoms with Gasteiger partial charge in [0.2, 0.25) is 0 Å². The van der Waals surface area contributed by atoms with E-state index in [1.807, 2.05) is 0 Å². The van der Waals surface area contributed by atoms with E-state index in [4.69, 9.17) is 4.42 Å². The van der Waals surface area contributed by atoms with Gasteiger partial charge < -0.3 is 9.32 Å². The van der Waals surface area contributed by atoms with Gasteiger partial charge in [0, 0.05) is 18.8 Å². The first-order valence-electron chi connectivity index (χ1n) is 6.28. The first kappa shape index (κ1) is 13.1. The molecule has 0 bridgehead atoms. The molecule has 0 spiro atoms. The summed E-state index contributed by atoms with van der Waals surface area (Å²) in [5.74, 6) is -0.0406. The van der Waals surface area contributed by atoms with E-state index in [1.165, 1.54) is 29.2 Å². The Balaban J connectivity index is 1.83. The van der Waals surface area contributed by atoms with E-state index in [0.717, 1.165) is 0 Å². The summed E-state index contributed by atoms with van der Waals surface area (Å²) in [6.45, 7) is 0. The number of carbonyl (C=O) groups is 1. The maximum atomic E-state index is 12.9. The topological polar surface area (TPSA) is 62.1 Å². The van der Waals surface area contributed by atoms with Crippen LogP contribution in [-0.2, 0) is 0 Å². The molecule has 0 saturated heterocycles. The second-order valence-corrected chi connectivity index (χ2v) is 4.48. The molecule has 1 aromatic carbocycles. The number of nitrogens with one attached hydrogen (secondary N) is 1. The summed E-state index contributed by atoms with van der Waals surface area (Å²) in [6.07, 6.45) is 1.54. The van der Waals surface area contributed by atoms with Gasteiger partial charge in [-0.3, -0.25) is 9.89 Å². The second kappa shape index (κ2) is 5.24. The molecule has 0 saturated carbocycles. The van der Waals surface area contributed by atoms with E-state index < -0.39 is 0 Å². The number of amides is 1. The predicted octanol–water partition coefficient (Wildman–Crippen LogP) is 3.09. The van der Waals surface area contributed by atoms with Crippen LogP contribution < -0.4 is 4.90 Å². The summed E-state index contributed by atoms with van der Waals surface area (Å²) in [5, 5.41) is 6.74. The number of benzene rings is 1. The highest BCUT2D eigenvalue weighted by atomic mass is 19.1. The Morgan fingerprint density at radius 2 is 2.05 bits per heavy atom. The molecule has 0 fully saturated rings. The quantitative estimate of drug-likeness (QED) is 0.804. The molecule has 21 heavy (non-hydrogen) atoms. The zero-order valence-corrected chi connectivity index (χ0v) is 11.2. The molecule has 2 heterocycles. The van der Waals surface area contributed by atoms with Gasteiger partial charge in [-0.2, -0.15) is 5.10 Å². The lowest BCUT2D eigenvalue weighted by Crippen LogP contribution is -2.26. The van der Waals surface area contributed by atoms with Gasteiger partial charge in [-0.1, -0.05) is 0 Å². The van der Waals surface area contributed by atoms with Gasteiger partial charge in [-0.25, -0.2) is 4.39 Å². The lowest BCUT2D eigenvalue weighted by Gasteiger charge is -2.15. The molecule has 0 aliphatic heterocycles. The molecular weight excluding hydrogens is 273 g/mol. The van der Waals surface area contributed by atoms with Crippen molar-refractivity contribution in [2.75, 3.05) is 11.9 Å². The predicted molar refractivity (Wildman–Crippen MR) is 75.4 cm³/mol. The van der Waals surface area contributed by atoms with Crippen molar-refractivity contribution in [3.63, 3.8) is 0 Å². The van der Waals surface area contributed by atoms with Crippen molar-refractivity contribution in [2.45, 2.75) is 0 Å². The van der Waals surface area contributed by atoms with Crippen molar-refractivity contribution in [1.82, 2.24) is 10.2 Å². The molecule has 0 aliphatic rings. The van der Waals surface area contributed by atoms with Crippen LogP contribution in [0.25, 0.3) is 11.5 Å². The molecule has 106 valence electrons. The maximum absolute atomic E-state index is 12.9. The number of rotatable bonds is 3. The summed E-state index contributed by atoms with van der Waals surface area (Å²) in [4.78, 5) is 13.7. The molecule has 1 amide bonds. The number of anilines is 1. The lowest BCUT2D eigenvalue weighted by molar-refractivity contribution is 0.0988. The lowest BCUT2D eigenvalue weighted by atomic mass is 10.2. The molecule has 0 unspecified atom stereocenters. The van der Waals surface area contributed by atoms with E-state index in [1.54, 1.807) is 31.5 Å². The third kappa shape index (κ3) is 2.55. The fourth-order valence-corrected chi connectivity index (χ4v) is 1.94. The van der Waals surface area contributed by atoms with Crippen LogP contribution in [0.1, 0.15) is 10.5 Å². The van der Waals surface area contributed by atoms with Crippen LogP contribution in [0.4, 0.5) is 10.1 Å². The van der Waals surface area contributed by atoms with Crippen molar-refractivity contribution in [1.29, 1.82) is 0 Å². The minimum Gasteiger partial charge on any atom is -0.463 e. The van der Waals surface area contributed by atoms with Crippen molar-refractivity contribution in [3.05, 3.63) is 60.2 Å². The van der Waals surface area contributed by atoms with E-state index >= 15 is 0 Å². The average Bonchev–Trinajstić information content (AvgIpc) is 3.17. The summed E-state index contributed by atoms with van der Waals surface area (Å²) >= 11 is 0. The molecule has 0 aliphatic carbocycles. The van der Waals surface area contributed by atoms with E-state index in [-0.39, 0.29) is 17.4 Å². The van der Waals surface area contributed by atoms with Gasteiger partial charge >= 0.3 is 0 Å². The number of nitrogens with zero attached hydrogens (tertiary/aromatic N) is 2. The highest BCUT2D eigenvalue weighted by Crippen LogP contribution is 2.20. The number of furan rings is 1. The van der Waals surface area contributed by atoms with Crippen LogP contribution in [0.3, 0.4) is 0 Å². The maximum Gasteiger partial charge on any atom is 0.278 e. The van der Waals surface area contributed by atoms with Crippen molar-refractivity contribution in [2.24, 2.45) is 0 Å². The Kier molecular flexibility index (Phi) is 3.27. The van der Waals surface area contributed by atoms with Crippen LogP contribution in [0.5, 0.6) is 0 Å². The molecule has 5 nitrogen and oxygen atoms in total. The number of halogens is 1. The van der Waals surface area contributed by atoms with Gasteiger partial charge in [-0.15, -0.1) is 0 Å². The fourth-order valence-electron chi connectivity index (χ4n) is 1.94. The van der Waals surface area contributed by atoms with Crippen LogP contribution in [0.2, 0.25) is 0 Å². The molecular formula is C15H12FN3O2. The molecule has 3 aromatic rings. The van der Waals surface area contributed by atoms with Crippen LogP contribution in [0, 0.1) is 5.82 Å². The average molecular weight is 285 g/mol. The number of aromatic amines is 1. The number of hydrogen-bond donors (Lipinski definition) is 1. The van der Waals surface area contributed by atoms with E-state index in [0.29, 0.717) is 17.1 Å². The smallest absolute Gasteiger partial charge is 0.278 e. The van der Waals surface area contributed by atoms with Crippen LogP contribution in [0.15, 0.2) is 53.1 Å². The third-order valence-electron chi connectivity index (χ3n) is 3.10. The number of carbonyl (C=O) groups excluding carboxylic acids is 1. The highest BCUT2D eigenvalue weighted by Gasteiger charge is 2.18. The monoisotopic (exact) mass is 285 g/mol. The molecule has 3 rings (SSSR count). The summed E-state index contributed by atoms with van der Waals surface area (Å²) in [6, 6.07) is 10.8. The van der Waals surface area contributed by atoms with Gasteiger partial charge in [0.1, 0.15) is 11.5 Å². The fraction of sp³-hybridized carbons (Fsp3) is 0.0667. The van der Waals surface area contributed by atoms with Crippen molar-refractivity contribution in [3.8, 4) is 11.5 Å². The summed E-state index contributed by atoms with van der Waals surface area (Å²) in [5.41, 5.74) is 1.47. The van der Waals surface area contributed by atoms with Gasteiger partial charge in [0.25, 0.3) is 5.91 Å². The number of aromatic nitrogens is 2. The molecule has 2 aromatic heterocycles. The Hall–Kier alpha value is -2.89. The first-order valence-corrected chi connectivity index (χ1v) is 6.28. The van der Waals surface area contributed by atoms with Crippen LogP contribution >= 0.6 is 0 Å². The zero-order chi connectivity index (χ0) is 14.8. The molecule has 1 N–H and O–H groups in total. The highest BCUT2D eigenvalue weighted by molar-refractivity contribution is 6.04. The Bertz CT molecular complexity index is 748. The first-order chi connectivity index (χ1) is 10.1. The Labute approximate surface area is 120 Å². The Morgan fingerprint density at radius 1 is 1.29 bits per heavy atom. The summed E-state index contributed by atoms with van der Waals surface area (Å²) < 4.78 is 18.1. The van der Waals surface area contributed by atoms with E-state index in [9.17, 15) is 9.18 Å². The number of H-pyrrole nitrogens is 1. The minimum absolute atomic E-state index is 0.258. The third-order valence-corrected chi connectivity index (χ3v) is 3.10. The van der Waals surface area contributed by atoms with Gasteiger partial charge in [0.05, 0.1) is 6.26 Å². The van der Waals surface area contributed by atoms with Gasteiger partial charge in [0.15, 0.2) is 11.5 Å². The van der Waals surface area contributed by atoms with Gasteiger partial charge in [-0.05, 0) is 36.4 Å². The molecule has 0 radical (unpaired) electrons. The molecule has 6 heteroatoms. The zero-order valence-electron chi connectivity index (χ0n) is 11.2. The van der Waals surface area contributed by atoms with E-state index in [2.05, 4.69) is 10.2 Å². The SMILES string of the molecule is CN(C(=O)c1cc(-c2ccco2)[nH]n1)c1ccc(F)cc1. The van der Waals surface area contributed by atoms with Crippen LogP contribution in [-0.4, -0.2) is 23.2 Å². The largest absolute Gasteiger partial charge is 0.463 e. The molecule has 0 atom stereocenters.